The van der Waals surface area contributed by atoms with Gasteiger partial charge in [0.05, 0.1) is 4.99 Å². The molecule has 0 unspecified atom stereocenters. The third-order valence-corrected chi connectivity index (χ3v) is 3.59. The summed E-state index contributed by atoms with van der Waals surface area (Å²) in [6.07, 6.45) is 0.233. The van der Waals surface area contributed by atoms with E-state index in [0.717, 1.165) is 4.90 Å². The van der Waals surface area contributed by atoms with Gasteiger partial charge in [0.1, 0.15) is 6.04 Å². The lowest BCUT2D eigenvalue weighted by atomic mass is 9.96. The van der Waals surface area contributed by atoms with Crippen LogP contribution in [0.1, 0.15) is 19.3 Å². The Morgan fingerprint density at radius 3 is 2.44 bits per heavy atom. The zero-order valence-electron chi connectivity index (χ0n) is 8.42. The number of rotatable bonds is 3. The number of carboxylic acid groups (broad SMARTS) is 2. The van der Waals surface area contributed by atoms with Crippen molar-refractivity contribution in [2.75, 3.05) is 0 Å². The van der Waals surface area contributed by atoms with Crippen molar-refractivity contribution in [3.63, 3.8) is 0 Å². The van der Waals surface area contributed by atoms with Crippen molar-refractivity contribution < 1.29 is 19.8 Å². The Labute approximate surface area is 97.0 Å². The van der Waals surface area contributed by atoms with Gasteiger partial charge in [0, 0.05) is 17.9 Å². The molecule has 0 bridgehead atoms. The van der Waals surface area contributed by atoms with E-state index in [2.05, 4.69) is 0 Å². The molecule has 3 atom stereocenters. The number of aliphatic carboxylic acids is 1. The first-order valence-corrected chi connectivity index (χ1v) is 5.30. The maximum atomic E-state index is 11.0. The van der Waals surface area contributed by atoms with Crippen LogP contribution < -0.4 is 5.73 Å². The second kappa shape index (κ2) is 3.31. The molecule has 16 heavy (non-hydrogen) atoms. The summed E-state index contributed by atoms with van der Waals surface area (Å²) in [6, 6.07) is -1.18. The highest BCUT2D eigenvalue weighted by Gasteiger charge is 2.67. The molecule has 2 rings (SSSR count). The van der Waals surface area contributed by atoms with E-state index in [1.54, 1.807) is 0 Å². The number of likely N-dealkylation sites (tertiary alicyclic amines) is 1. The molecule has 1 saturated heterocycles. The minimum atomic E-state index is -1.18. The first-order valence-electron chi connectivity index (χ1n) is 4.90. The number of nitrogens with zero attached hydrogens (tertiary/aromatic N) is 1. The third-order valence-electron chi connectivity index (χ3n) is 3.45. The molecule has 6 nitrogen and oxygen atoms in total. The van der Waals surface area contributed by atoms with Crippen LogP contribution in [-0.4, -0.2) is 44.2 Å². The highest BCUT2D eigenvalue weighted by atomic mass is 32.1. The molecule has 0 spiro atoms. The summed E-state index contributed by atoms with van der Waals surface area (Å²) in [7, 11) is 0. The molecule has 2 fully saturated rings. The third kappa shape index (κ3) is 1.51. The lowest BCUT2D eigenvalue weighted by Crippen LogP contribution is -2.42. The summed E-state index contributed by atoms with van der Waals surface area (Å²) in [6.45, 7) is 0. The smallest absolute Gasteiger partial charge is 0.408 e. The quantitative estimate of drug-likeness (QED) is 0.615. The van der Waals surface area contributed by atoms with Gasteiger partial charge in [0.25, 0.3) is 0 Å². The molecule has 1 amide bonds. The SMILES string of the molecule is NC(=S)C[C@@]12C[C@@H]1N(C(=O)O)[C@H](C(=O)O)C2. The topological polar surface area (TPSA) is 104 Å². The molecule has 1 heterocycles. The number of piperidine rings is 1. The molecule has 0 aromatic heterocycles. The van der Waals surface area contributed by atoms with Gasteiger partial charge in [-0.05, 0) is 12.8 Å². The molecule has 0 radical (unpaired) electrons. The second-order valence-electron chi connectivity index (χ2n) is 4.47. The van der Waals surface area contributed by atoms with Gasteiger partial charge < -0.3 is 15.9 Å². The van der Waals surface area contributed by atoms with Crippen molar-refractivity contribution in [1.82, 2.24) is 4.90 Å². The van der Waals surface area contributed by atoms with Crippen molar-refractivity contribution in [2.45, 2.75) is 31.3 Å². The van der Waals surface area contributed by atoms with Gasteiger partial charge in [0.15, 0.2) is 0 Å². The van der Waals surface area contributed by atoms with Gasteiger partial charge in [-0.2, -0.15) is 0 Å². The minimum Gasteiger partial charge on any atom is -0.480 e. The van der Waals surface area contributed by atoms with E-state index in [0.29, 0.717) is 24.3 Å². The van der Waals surface area contributed by atoms with Crippen molar-refractivity contribution in [3.05, 3.63) is 0 Å². The Morgan fingerprint density at radius 2 is 2.06 bits per heavy atom. The number of hydrogen-bond acceptors (Lipinski definition) is 3. The number of nitrogens with two attached hydrogens (primary N) is 1. The van der Waals surface area contributed by atoms with Crippen LogP contribution in [0.4, 0.5) is 4.79 Å². The molecular formula is C9H12N2O4S. The van der Waals surface area contributed by atoms with Crippen LogP contribution in [0.25, 0.3) is 0 Å². The fraction of sp³-hybridized carbons (Fsp3) is 0.667. The van der Waals surface area contributed by atoms with Crippen molar-refractivity contribution >= 4 is 29.3 Å². The summed E-state index contributed by atoms with van der Waals surface area (Å²) < 4.78 is 0. The van der Waals surface area contributed by atoms with E-state index in [1.807, 2.05) is 0 Å². The average molecular weight is 244 g/mol. The van der Waals surface area contributed by atoms with E-state index < -0.39 is 18.1 Å². The maximum Gasteiger partial charge on any atom is 0.408 e. The Kier molecular flexibility index (Phi) is 2.30. The van der Waals surface area contributed by atoms with Crippen LogP contribution in [0, 0.1) is 5.41 Å². The summed E-state index contributed by atoms with van der Waals surface area (Å²) >= 11 is 4.80. The fourth-order valence-electron chi connectivity index (χ4n) is 2.72. The van der Waals surface area contributed by atoms with Crippen molar-refractivity contribution in [2.24, 2.45) is 11.1 Å². The Hall–Kier alpha value is -1.37. The minimum absolute atomic E-state index is 0.229. The molecule has 88 valence electrons. The highest BCUT2D eigenvalue weighted by Crippen LogP contribution is 2.61. The number of carbonyl (C=O) groups is 2. The predicted molar refractivity (Wildman–Crippen MR) is 58.1 cm³/mol. The Morgan fingerprint density at radius 1 is 1.44 bits per heavy atom. The van der Waals surface area contributed by atoms with Gasteiger partial charge in [-0.3, -0.25) is 4.90 Å². The molecule has 7 heteroatoms. The van der Waals surface area contributed by atoms with E-state index >= 15 is 0 Å². The van der Waals surface area contributed by atoms with E-state index in [1.165, 1.54) is 0 Å². The van der Waals surface area contributed by atoms with Crippen molar-refractivity contribution in [1.29, 1.82) is 0 Å². The van der Waals surface area contributed by atoms with Crippen LogP contribution in [0.3, 0.4) is 0 Å². The van der Waals surface area contributed by atoms with Crippen LogP contribution in [0.15, 0.2) is 0 Å². The molecule has 1 saturated carbocycles. The van der Waals surface area contributed by atoms with E-state index in [-0.39, 0.29) is 11.5 Å². The normalized spacial score (nSPS) is 35.6. The molecule has 1 aliphatic heterocycles. The highest BCUT2D eigenvalue weighted by molar-refractivity contribution is 7.80. The fourth-order valence-corrected chi connectivity index (χ4v) is 3.01. The number of thiocarbonyl (C=S) groups is 1. The van der Waals surface area contributed by atoms with Gasteiger partial charge in [0.2, 0.25) is 0 Å². The van der Waals surface area contributed by atoms with E-state index in [4.69, 9.17) is 28.2 Å². The summed E-state index contributed by atoms with van der Waals surface area (Å²) in [5, 5.41) is 17.9. The molecule has 2 aliphatic rings. The largest absolute Gasteiger partial charge is 0.480 e. The van der Waals surface area contributed by atoms with Crippen LogP contribution in [0.2, 0.25) is 0 Å². The summed E-state index contributed by atoms with van der Waals surface area (Å²) in [4.78, 5) is 23.3. The Bertz CT molecular complexity index is 386. The number of fused-ring (bicyclic) bond motifs is 1. The molecule has 0 aromatic rings. The predicted octanol–water partition coefficient (Wildman–Crippen LogP) is 0.258. The zero-order chi connectivity index (χ0) is 12.1. The number of amides is 1. The van der Waals surface area contributed by atoms with Gasteiger partial charge in [-0.1, -0.05) is 12.2 Å². The lowest BCUT2D eigenvalue weighted by molar-refractivity contribution is -0.142. The molecular weight excluding hydrogens is 232 g/mol. The van der Waals surface area contributed by atoms with Gasteiger partial charge >= 0.3 is 12.1 Å². The molecule has 1 aliphatic carbocycles. The maximum absolute atomic E-state index is 11.0. The molecule has 4 N–H and O–H groups in total. The zero-order valence-corrected chi connectivity index (χ0v) is 9.24. The van der Waals surface area contributed by atoms with Crippen LogP contribution in [0.5, 0.6) is 0 Å². The second-order valence-corrected chi connectivity index (χ2v) is 5.00. The van der Waals surface area contributed by atoms with Crippen LogP contribution >= 0.6 is 12.2 Å². The number of hydrogen-bond donors (Lipinski definition) is 3. The summed E-state index contributed by atoms with van der Waals surface area (Å²) in [5.41, 5.74) is 5.13. The summed E-state index contributed by atoms with van der Waals surface area (Å²) in [5.74, 6) is -1.10. The first kappa shape index (κ1) is 11.1. The molecule has 0 aromatic carbocycles. The Balaban J connectivity index is 2.19. The van der Waals surface area contributed by atoms with E-state index in [9.17, 15) is 9.59 Å². The van der Waals surface area contributed by atoms with Crippen LogP contribution in [-0.2, 0) is 4.79 Å². The lowest BCUT2D eigenvalue weighted by Gasteiger charge is -2.20. The average Bonchev–Trinajstić information content (AvgIpc) is 2.68. The number of carboxylic acids is 1. The van der Waals surface area contributed by atoms with Gasteiger partial charge in [-0.15, -0.1) is 0 Å². The standard InChI is InChI=1S/C9H12N2O4S/c10-6(16)3-9-1-4(7(12)13)11(8(14)15)5(9)2-9/h4-5H,1-3H2,(H2,10,16)(H,12,13)(H,14,15)/t4-,5-,9+/m0/s1. The van der Waals surface area contributed by atoms with Gasteiger partial charge in [-0.25, -0.2) is 9.59 Å². The first-order chi connectivity index (χ1) is 7.37. The monoisotopic (exact) mass is 244 g/mol. The van der Waals surface area contributed by atoms with Crippen molar-refractivity contribution in [3.8, 4) is 0 Å².